The maximum absolute atomic E-state index is 14.4. The minimum atomic E-state index is -0.604. The Hall–Kier alpha value is -2.90. The number of hydrogen-bond donors (Lipinski definition) is 3. The van der Waals surface area contributed by atoms with Crippen LogP contribution in [0.1, 0.15) is 72.6 Å². The number of amides is 1. The van der Waals surface area contributed by atoms with Crippen molar-refractivity contribution < 1.29 is 9.18 Å². The highest BCUT2D eigenvalue weighted by Crippen LogP contribution is 2.45. The van der Waals surface area contributed by atoms with Crippen LogP contribution in [0.3, 0.4) is 0 Å². The van der Waals surface area contributed by atoms with E-state index < -0.39 is 11.7 Å². The van der Waals surface area contributed by atoms with Gasteiger partial charge in [0.1, 0.15) is 5.82 Å². The third kappa shape index (κ3) is 3.77. The van der Waals surface area contributed by atoms with Crippen LogP contribution in [0, 0.1) is 5.82 Å². The van der Waals surface area contributed by atoms with Crippen molar-refractivity contribution in [1.82, 2.24) is 14.9 Å². The fraction of sp³-hybridized carbons (Fsp3) is 0.444. The number of aromatic nitrogens is 1. The fourth-order valence-corrected chi connectivity index (χ4v) is 6.38. The summed E-state index contributed by atoms with van der Waals surface area (Å²) in [4.78, 5) is 18.6. The summed E-state index contributed by atoms with van der Waals surface area (Å²) in [7, 11) is 0. The largest absolute Gasteiger partial charge is 0.366 e. The molecule has 1 aromatic heterocycles. The fourth-order valence-electron chi connectivity index (χ4n) is 6.38. The van der Waals surface area contributed by atoms with Gasteiger partial charge in [0, 0.05) is 34.4 Å². The minimum absolute atomic E-state index is 0.239. The van der Waals surface area contributed by atoms with Gasteiger partial charge in [-0.15, -0.1) is 0 Å². The van der Waals surface area contributed by atoms with Crippen LogP contribution in [-0.4, -0.2) is 46.0 Å². The molecule has 2 fully saturated rings. The number of piperidine rings is 1. The van der Waals surface area contributed by atoms with E-state index in [0.29, 0.717) is 5.69 Å². The summed E-state index contributed by atoms with van der Waals surface area (Å²) in [6.07, 6.45) is 8.75. The van der Waals surface area contributed by atoms with E-state index in [0.717, 1.165) is 54.1 Å². The highest BCUT2D eigenvalue weighted by molar-refractivity contribution is 5.97. The maximum atomic E-state index is 14.4. The molecule has 2 aromatic carbocycles. The van der Waals surface area contributed by atoms with Gasteiger partial charge in [0.15, 0.2) is 0 Å². The summed E-state index contributed by atoms with van der Waals surface area (Å²) >= 11 is 0. The molecule has 0 bridgehead atoms. The summed E-state index contributed by atoms with van der Waals surface area (Å²) in [5.74, 6) is -1.06. The standard InChI is InChI=1S/C27H32FN5O/c28-18-15-21(27(29)34)25-23(16-18)31-33(26(25)24-14-17-6-4-5-9-22(17)30-24)20-10-12-32(13-11-20)19-7-2-1-3-8-19/h4-6,9,14-16,19-20,26,30-31H,1-3,7-8,10-13H2,(H2,29,34). The zero-order valence-electron chi connectivity index (χ0n) is 19.4. The van der Waals surface area contributed by atoms with Crippen LogP contribution in [-0.2, 0) is 0 Å². The molecule has 178 valence electrons. The lowest BCUT2D eigenvalue weighted by Crippen LogP contribution is -2.49. The van der Waals surface area contributed by atoms with Crippen LogP contribution in [0.2, 0.25) is 0 Å². The molecular formula is C27H32FN5O. The van der Waals surface area contributed by atoms with Gasteiger partial charge >= 0.3 is 0 Å². The van der Waals surface area contributed by atoms with E-state index >= 15 is 0 Å². The van der Waals surface area contributed by atoms with Gasteiger partial charge in [0.05, 0.1) is 11.7 Å². The average Bonchev–Trinajstić information content (AvgIpc) is 3.45. The normalized spacial score (nSPS) is 22.7. The van der Waals surface area contributed by atoms with Crippen molar-refractivity contribution in [3.63, 3.8) is 0 Å². The molecule has 2 aliphatic heterocycles. The van der Waals surface area contributed by atoms with Gasteiger partial charge in [-0.1, -0.05) is 37.5 Å². The molecule has 0 spiro atoms. The molecule has 1 aliphatic carbocycles. The highest BCUT2D eigenvalue weighted by atomic mass is 19.1. The number of carbonyl (C=O) groups excluding carboxylic acids is 1. The Morgan fingerprint density at radius 3 is 2.47 bits per heavy atom. The lowest BCUT2D eigenvalue weighted by molar-refractivity contribution is 0.0730. The number of benzene rings is 2. The van der Waals surface area contributed by atoms with Gasteiger partial charge in [-0.25, -0.2) is 9.40 Å². The number of halogens is 1. The Balaban J connectivity index is 1.34. The zero-order valence-corrected chi connectivity index (χ0v) is 19.4. The number of anilines is 1. The molecule has 34 heavy (non-hydrogen) atoms. The van der Waals surface area contributed by atoms with Crippen LogP contribution in [0.25, 0.3) is 10.9 Å². The molecule has 3 aliphatic rings. The third-order valence-corrected chi connectivity index (χ3v) is 8.04. The smallest absolute Gasteiger partial charge is 0.249 e. The first-order chi connectivity index (χ1) is 16.6. The van der Waals surface area contributed by atoms with E-state index in [1.165, 1.54) is 44.2 Å². The number of rotatable bonds is 4. The second kappa shape index (κ2) is 8.71. The molecule has 1 unspecified atom stereocenters. The number of likely N-dealkylation sites (tertiary alicyclic amines) is 1. The molecule has 1 saturated heterocycles. The first-order valence-electron chi connectivity index (χ1n) is 12.6. The van der Waals surface area contributed by atoms with Crippen LogP contribution >= 0.6 is 0 Å². The number of nitrogens with two attached hydrogens (primary N) is 1. The van der Waals surface area contributed by atoms with E-state index in [2.05, 4.69) is 38.5 Å². The number of nitrogens with zero attached hydrogens (tertiary/aromatic N) is 2. The molecule has 1 atom stereocenters. The second-order valence-electron chi connectivity index (χ2n) is 10.1. The number of H-pyrrole nitrogens is 1. The minimum Gasteiger partial charge on any atom is -0.366 e. The van der Waals surface area contributed by atoms with Crippen molar-refractivity contribution in [2.45, 2.75) is 63.1 Å². The molecule has 3 heterocycles. The molecule has 6 rings (SSSR count). The Kier molecular flexibility index (Phi) is 5.54. The lowest BCUT2D eigenvalue weighted by Gasteiger charge is -2.42. The first kappa shape index (κ1) is 21.6. The number of hydrogen-bond acceptors (Lipinski definition) is 4. The van der Waals surface area contributed by atoms with Gasteiger partial charge in [-0.3, -0.25) is 4.79 Å². The monoisotopic (exact) mass is 461 g/mol. The topological polar surface area (TPSA) is 77.4 Å². The van der Waals surface area contributed by atoms with E-state index in [1.54, 1.807) is 0 Å². The van der Waals surface area contributed by atoms with Crippen molar-refractivity contribution in [3.8, 4) is 0 Å². The predicted octanol–water partition coefficient (Wildman–Crippen LogP) is 4.93. The molecular weight excluding hydrogens is 429 g/mol. The van der Waals surface area contributed by atoms with Crippen LogP contribution < -0.4 is 11.2 Å². The first-order valence-corrected chi connectivity index (χ1v) is 12.6. The molecule has 7 heteroatoms. The van der Waals surface area contributed by atoms with E-state index in [-0.39, 0.29) is 17.6 Å². The summed E-state index contributed by atoms with van der Waals surface area (Å²) in [5, 5.41) is 3.35. The summed E-state index contributed by atoms with van der Waals surface area (Å²) in [5.41, 5.74) is 12.9. The second-order valence-corrected chi connectivity index (χ2v) is 10.1. The Morgan fingerprint density at radius 1 is 0.971 bits per heavy atom. The Bertz CT molecular complexity index is 1180. The van der Waals surface area contributed by atoms with Crippen LogP contribution in [0.5, 0.6) is 0 Å². The van der Waals surface area contributed by atoms with Gasteiger partial charge < -0.3 is 21.0 Å². The SMILES string of the molecule is NC(=O)c1cc(F)cc2c1C(c1cc3ccccc3[nH]1)N(C1CCN(C3CCCCC3)CC1)N2. The zero-order chi connectivity index (χ0) is 23.2. The molecule has 3 aromatic rings. The number of fused-ring (bicyclic) bond motifs is 2. The highest BCUT2D eigenvalue weighted by Gasteiger charge is 2.41. The van der Waals surface area contributed by atoms with Crippen molar-refractivity contribution in [2.24, 2.45) is 5.73 Å². The van der Waals surface area contributed by atoms with E-state index in [1.807, 2.05) is 12.1 Å². The van der Waals surface area contributed by atoms with Gasteiger partial charge in [0.25, 0.3) is 0 Å². The summed E-state index contributed by atoms with van der Waals surface area (Å²) in [6.45, 7) is 2.14. The summed E-state index contributed by atoms with van der Waals surface area (Å²) in [6, 6.07) is 13.8. The predicted molar refractivity (Wildman–Crippen MR) is 132 cm³/mol. The maximum Gasteiger partial charge on any atom is 0.249 e. The number of nitrogens with one attached hydrogen (secondary N) is 2. The quantitative estimate of drug-likeness (QED) is 0.515. The van der Waals surface area contributed by atoms with Gasteiger partial charge in [-0.2, -0.15) is 0 Å². The van der Waals surface area contributed by atoms with Crippen LogP contribution in [0.4, 0.5) is 10.1 Å². The summed E-state index contributed by atoms with van der Waals surface area (Å²) < 4.78 is 14.4. The number of primary amides is 1. The number of aromatic amines is 1. The Labute approximate surface area is 199 Å². The van der Waals surface area contributed by atoms with E-state index in [4.69, 9.17) is 5.73 Å². The van der Waals surface area contributed by atoms with Crippen molar-refractivity contribution in [3.05, 3.63) is 65.1 Å². The number of hydrazine groups is 1. The van der Waals surface area contributed by atoms with Gasteiger partial charge in [0.2, 0.25) is 5.91 Å². The van der Waals surface area contributed by atoms with Gasteiger partial charge in [-0.05, 0) is 68.4 Å². The van der Waals surface area contributed by atoms with E-state index in [9.17, 15) is 9.18 Å². The number of para-hydroxylation sites is 1. The average molecular weight is 462 g/mol. The molecule has 6 nitrogen and oxygen atoms in total. The molecule has 1 amide bonds. The molecule has 4 N–H and O–H groups in total. The van der Waals surface area contributed by atoms with Crippen LogP contribution in [0.15, 0.2) is 42.5 Å². The van der Waals surface area contributed by atoms with Crippen molar-refractivity contribution in [1.29, 1.82) is 0 Å². The number of carbonyl (C=O) groups is 1. The van der Waals surface area contributed by atoms with Crippen molar-refractivity contribution in [2.75, 3.05) is 18.5 Å². The Morgan fingerprint density at radius 2 is 1.74 bits per heavy atom. The van der Waals surface area contributed by atoms with Crippen molar-refractivity contribution >= 4 is 22.5 Å². The third-order valence-electron chi connectivity index (χ3n) is 8.04. The lowest BCUT2D eigenvalue weighted by atomic mass is 9.91. The molecule has 1 saturated carbocycles. The molecule has 0 radical (unpaired) electrons.